The lowest BCUT2D eigenvalue weighted by Crippen LogP contribution is -2.12. The second kappa shape index (κ2) is 4.51. The molecule has 0 amide bonds. The molecule has 14 heavy (non-hydrogen) atoms. The molecule has 0 radical (unpaired) electrons. The smallest absolute Gasteiger partial charge is 0.0172 e. The van der Waals surface area contributed by atoms with Gasteiger partial charge in [-0.05, 0) is 36.5 Å². The van der Waals surface area contributed by atoms with Gasteiger partial charge in [-0.3, -0.25) is 0 Å². The second-order valence-corrected chi connectivity index (χ2v) is 5.68. The Kier molecular flexibility index (Phi) is 3.80. The topological polar surface area (TPSA) is 0 Å². The van der Waals surface area contributed by atoms with Crippen LogP contribution in [-0.4, -0.2) is 0 Å². The first kappa shape index (κ1) is 11.8. The summed E-state index contributed by atoms with van der Waals surface area (Å²) in [7, 11) is 0. The van der Waals surface area contributed by atoms with Gasteiger partial charge in [0, 0.05) is 0 Å². The fourth-order valence-corrected chi connectivity index (χ4v) is 2.96. The molecule has 1 atom stereocenters. The number of rotatable bonds is 3. The van der Waals surface area contributed by atoms with E-state index in [2.05, 4.69) is 41.5 Å². The summed E-state index contributed by atoms with van der Waals surface area (Å²) in [6.07, 6.45) is 2.76. The first-order chi connectivity index (χ1) is 6.45. The van der Waals surface area contributed by atoms with Crippen LogP contribution in [0, 0.1) is 23.7 Å². The van der Waals surface area contributed by atoms with E-state index in [1.807, 2.05) is 0 Å². The Balaban J connectivity index is 2.96. The van der Waals surface area contributed by atoms with Crippen LogP contribution in [0.2, 0.25) is 0 Å². The highest BCUT2D eigenvalue weighted by Crippen LogP contribution is 2.43. The molecular weight excluding hydrogens is 168 g/mol. The number of hydrogen-bond acceptors (Lipinski definition) is 0. The van der Waals surface area contributed by atoms with E-state index < -0.39 is 0 Å². The van der Waals surface area contributed by atoms with E-state index >= 15 is 0 Å². The van der Waals surface area contributed by atoms with Crippen LogP contribution in [0.15, 0.2) is 11.1 Å². The van der Waals surface area contributed by atoms with Crippen molar-refractivity contribution in [2.75, 3.05) is 0 Å². The van der Waals surface area contributed by atoms with E-state index in [0.717, 1.165) is 23.7 Å². The fraction of sp³-hybridized carbons (Fsp3) is 0.857. The van der Waals surface area contributed by atoms with Gasteiger partial charge in [0.15, 0.2) is 0 Å². The van der Waals surface area contributed by atoms with Crippen LogP contribution >= 0.6 is 0 Å². The SMILES string of the molecule is CC(C)C1=C(C(C)C)C(C(C)C)CC1. The van der Waals surface area contributed by atoms with Gasteiger partial charge in [-0.1, -0.05) is 52.7 Å². The van der Waals surface area contributed by atoms with Gasteiger partial charge in [0.25, 0.3) is 0 Å². The average molecular weight is 194 g/mol. The summed E-state index contributed by atoms with van der Waals surface area (Å²) in [5.41, 5.74) is 3.55. The van der Waals surface area contributed by atoms with Gasteiger partial charge in [0.2, 0.25) is 0 Å². The molecule has 1 unspecified atom stereocenters. The van der Waals surface area contributed by atoms with E-state index in [0.29, 0.717) is 0 Å². The Labute approximate surface area is 89.8 Å². The van der Waals surface area contributed by atoms with Crippen molar-refractivity contribution in [3.8, 4) is 0 Å². The minimum atomic E-state index is 0.752. The van der Waals surface area contributed by atoms with Crippen LogP contribution < -0.4 is 0 Å². The average Bonchev–Trinajstić information content (AvgIpc) is 2.46. The monoisotopic (exact) mass is 194 g/mol. The molecule has 0 heterocycles. The fourth-order valence-electron chi connectivity index (χ4n) is 2.96. The Hall–Kier alpha value is -0.260. The van der Waals surface area contributed by atoms with Gasteiger partial charge in [-0.25, -0.2) is 0 Å². The van der Waals surface area contributed by atoms with E-state index in [-0.39, 0.29) is 0 Å². The van der Waals surface area contributed by atoms with E-state index in [9.17, 15) is 0 Å². The Morgan fingerprint density at radius 2 is 1.50 bits per heavy atom. The molecule has 0 heteroatoms. The summed E-state index contributed by atoms with van der Waals surface area (Å²) in [4.78, 5) is 0. The van der Waals surface area contributed by atoms with Gasteiger partial charge in [0.1, 0.15) is 0 Å². The molecule has 82 valence electrons. The predicted octanol–water partition coefficient (Wildman–Crippen LogP) is 4.66. The maximum atomic E-state index is 2.37. The molecule has 0 spiro atoms. The third kappa shape index (κ3) is 2.21. The quantitative estimate of drug-likeness (QED) is 0.573. The highest BCUT2D eigenvalue weighted by atomic mass is 14.3. The van der Waals surface area contributed by atoms with Crippen LogP contribution in [0.3, 0.4) is 0 Å². The van der Waals surface area contributed by atoms with Crippen molar-refractivity contribution in [2.24, 2.45) is 23.7 Å². The van der Waals surface area contributed by atoms with Crippen molar-refractivity contribution >= 4 is 0 Å². The van der Waals surface area contributed by atoms with E-state index in [1.54, 1.807) is 11.1 Å². The van der Waals surface area contributed by atoms with E-state index in [4.69, 9.17) is 0 Å². The maximum absolute atomic E-state index is 2.37. The molecule has 0 aromatic heterocycles. The molecule has 1 aliphatic carbocycles. The second-order valence-electron chi connectivity index (χ2n) is 5.68. The van der Waals surface area contributed by atoms with Crippen molar-refractivity contribution < 1.29 is 0 Å². The third-order valence-electron chi connectivity index (χ3n) is 3.62. The standard InChI is InChI=1S/C14H26/c1-9(2)12-7-8-13(10(3)4)14(12)11(5)6/h9-12H,7-8H2,1-6H3. The minimum Gasteiger partial charge on any atom is -0.0679 e. The van der Waals surface area contributed by atoms with Gasteiger partial charge in [-0.2, -0.15) is 0 Å². The van der Waals surface area contributed by atoms with Crippen LogP contribution in [-0.2, 0) is 0 Å². The van der Waals surface area contributed by atoms with Crippen LogP contribution in [0.1, 0.15) is 54.4 Å². The summed E-state index contributed by atoms with van der Waals surface area (Å²) in [6, 6.07) is 0. The first-order valence-electron chi connectivity index (χ1n) is 6.18. The van der Waals surface area contributed by atoms with E-state index in [1.165, 1.54) is 12.8 Å². The van der Waals surface area contributed by atoms with Gasteiger partial charge < -0.3 is 0 Å². The zero-order valence-electron chi connectivity index (χ0n) is 10.7. The van der Waals surface area contributed by atoms with Crippen molar-refractivity contribution in [1.29, 1.82) is 0 Å². The summed E-state index contributed by atoms with van der Waals surface area (Å²) in [6.45, 7) is 14.2. The molecule has 0 fully saturated rings. The largest absolute Gasteiger partial charge is 0.0679 e. The number of hydrogen-bond donors (Lipinski definition) is 0. The van der Waals surface area contributed by atoms with Crippen molar-refractivity contribution in [2.45, 2.75) is 54.4 Å². The molecule has 1 rings (SSSR count). The van der Waals surface area contributed by atoms with Crippen LogP contribution in [0.25, 0.3) is 0 Å². The molecule has 0 aromatic rings. The van der Waals surface area contributed by atoms with Gasteiger partial charge >= 0.3 is 0 Å². The molecule has 0 saturated heterocycles. The zero-order chi connectivity index (χ0) is 10.9. The zero-order valence-corrected chi connectivity index (χ0v) is 10.7. The lowest BCUT2D eigenvalue weighted by molar-refractivity contribution is 0.413. The number of allylic oxidation sites excluding steroid dienone is 2. The predicted molar refractivity (Wildman–Crippen MR) is 64.3 cm³/mol. The Bertz CT molecular complexity index is 218. The van der Waals surface area contributed by atoms with Crippen LogP contribution in [0.4, 0.5) is 0 Å². The first-order valence-corrected chi connectivity index (χ1v) is 6.18. The lowest BCUT2D eigenvalue weighted by atomic mass is 9.82. The summed E-state index contributed by atoms with van der Waals surface area (Å²) >= 11 is 0. The molecule has 0 aliphatic heterocycles. The minimum absolute atomic E-state index is 0.752. The van der Waals surface area contributed by atoms with Crippen molar-refractivity contribution in [3.63, 3.8) is 0 Å². The Morgan fingerprint density at radius 3 is 1.86 bits per heavy atom. The van der Waals surface area contributed by atoms with Crippen LogP contribution in [0.5, 0.6) is 0 Å². The molecular formula is C14H26. The van der Waals surface area contributed by atoms with Crippen molar-refractivity contribution in [1.82, 2.24) is 0 Å². The Morgan fingerprint density at radius 1 is 0.929 bits per heavy atom. The normalized spacial score (nSPS) is 23.4. The maximum Gasteiger partial charge on any atom is -0.0172 e. The molecule has 0 nitrogen and oxygen atoms in total. The lowest BCUT2D eigenvalue weighted by Gasteiger charge is -2.23. The highest BCUT2D eigenvalue weighted by Gasteiger charge is 2.30. The van der Waals surface area contributed by atoms with Gasteiger partial charge in [-0.15, -0.1) is 0 Å². The molecule has 0 saturated carbocycles. The van der Waals surface area contributed by atoms with Crippen molar-refractivity contribution in [3.05, 3.63) is 11.1 Å². The molecule has 0 aromatic carbocycles. The molecule has 0 N–H and O–H groups in total. The van der Waals surface area contributed by atoms with Gasteiger partial charge in [0.05, 0.1) is 0 Å². The molecule has 1 aliphatic rings. The third-order valence-corrected chi connectivity index (χ3v) is 3.62. The summed E-state index contributed by atoms with van der Waals surface area (Å²) in [5, 5.41) is 0. The molecule has 0 bridgehead atoms. The highest BCUT2D eigenvalue weighted by molar-refractivity contribution is 5.26. The summed E-state index contributed by atoms with van der Waals surface area (Å²) in [5.74, 6) is 3.20. The summed E-state index contributed by atoms with van der Waals surface area (Å²) < 4.78 is 0.